The minimum atomic E-state index is -0.413. The van der Waals surface area contributed by atoms with E-state index in [4.69, 9.17) is 25.8 Å². The molecule has 6 nitrogen and oxygen atoms in total. The molecule has 38 heavy (non-hydrogen) atoms. The molecule has 3 aliphatic rings. The van der Waals surface area contributed by atoms with Crippen LogP contribution in [0.5, 0.6) is 5.88 Å². The van der Waals surface area contributed by atoms with Gasteiger partial charge in [-0.05, 0) is 92.7 Å². The number of halogens is 1. The Bertz CT molecular complexity index is 1260. The number of allylic oxidation sites excluding steroid dienone is 4. The number of benzene rings is 1. The Hall–Kier alpha value is -3.19. The van der Waals surface area contributed by atoms with Crippen LogP contribution < -0.4 is 4.74 Å². The smallest absolute Gasteiger partial charge is 0.332 e. The average Bonchev–Trinajstić information content (AvgIpc) is 3.10. The average molecular weight is 533 g/mol. The molecule has 198 valence electrons. The van der Waals surface area contributed by atoms with Crippen molar-refractivity contribution in [3.05, 3.63) is 100 Å². The Morgan fingerprint density at radius 1 is 1.21 bits per heavy atom. The molecule has 0 amide bonds. The van der Waals surface area contributed by atoms with Gasteiger partial charge in [0, 0.05) is 28.9 Å². The SMILES string of the molecule is CCOC(=O)COC1C=CC=C2Oc3ncccc3C(=CCCN3CCC(c4ccc(Cl)cc4)CC3)C=C21. The van der Waals surface area contributed by atoms with Crippen LogP contribution in [0.4, 0.5) is 0 Å². The standard InChI is InChI=1S/C31H33ClN2O4/c1-2-36-30(35)21-37-28-8-3-9-29-27(28)20-24(26-7-4-16-33-31(26)38-29)6-5-17-34-18-14-23(15-19-34)22-10-12-25(32)13-11-22/h3-4,6-13,16,20,23,28H,2,5,14-15,17-19,21H2,1H3. The van der Waals surface area contributed by atoms with Gasteiger partial charge in [0.15, 0.2) is 0 Å². The van der Waals surface area contributed by atoms with Crippen molar-refractivity contribution in [1.82, 2.24) is 9.88 Å². The number of rotatable bonds is 8. The zero-order valence-corrected chi connectivity index (χ0v) is 22.4. The highest BCUT2D eigenvalue weighted by atomic mass is 35.5. The number of carbonyl (C=O) groups excluding carboxylic acids is 1. The predicted octanol–water partition coefficient (Wildman–Crippen LogP) is 6.11. The first-order chi connectivity index (χ1) is 18.6. The summed E-state index contributed by atoms with van der Waals surface area (Å²) < 4.78 is 17.1. The van der Waals surface area contributed by atoms with Gasteiger partial charge in [-0.2, -0.15) is 0 Å². The van der Waals surface area contributed by atoms with E-state index in [9.17, 15) is 4.79 Å². The van der Waals surface area contributed by atoms with Crippen molar-refractivity contribution in [2.75, 3.05) is 32.8 Å². The highest BCUT2D eigenvalue weighted by Gasteiger charge is 2.27. The van der Waals surface area contributed by atoms with Crippen LogP contribution in [0.15, 0.2) is 84.3 Å². The van der Waals surface area contributed by atoms with Gasteiger partial charge in [-0.25, -0.2) is 9.78 Å². The van der Waals surface area contributed by atoms with Crippen molar-refractivity contribution in [3.8, 4) is 5.88 Å². The Kier molecular flexibility index (Phi) is 8.74. The summed E-state index contributed by atoms with van der Waals surface area (Å²) in [4.78, 5) is 18.9. The molecule has 1 aliphatic carbocycles. The lowest BCUT2D eigenvalue weighted by atomic mass is 9.89. The highest BCUT2D eigenvalue weighted by molar-refractivity contribution is 6.30. The Morgan fingerprint density at radius 2 is 2.03 bits per heavy atom. The molecule has 2 aromatic rings. The van der Waals surface area contributed by atoms with Gasteiger partial charge in [0.2, 0.25) is 5.88 Å². The number of nitrogens with zero attached hydrogens (tertiary/aromatic N) is 2. The van der Waals surface area contributed by atoms with Crippen molar-refractivity contribution >= 4 is 23.1 Å². The van der Waals surface area contributed by atoms with Crippen LogP contribution in [-0.4, -0.2) is 54.8 Å². The van der Waals surface area contributed by atoms with Crippen molar-refractivity contribution < 1.29 is 19.0 Å². The third-order valence-electron chi connectivity index (χ3n) is 7.15. The predicted molar refractivity (Wildman–Crippen MR) is 149 cm³/mol. The van der Waals surface area contributed by atoms with Gasteiger partial charge in [-0.15, -0.1) is 0 Å². The molecular formula is C31H33ClN2O4. The van der Waals surface area contributed by atoms with E-state index in [2.05, 4.69) is 34.2 Å². The second-order valence-corrected chi connectivity index (χ2v) is 10.1. The van der Waals surface area contributed by atoms with Gasteiger partial charge >= 0.3 is 5.97 Å². The molecule has 1 saturated heterocycles. The molecule has 1 fully saturated rings. The van der Waals surface area contributed by atoms with Crippen LogP contribution in [0.25, 0.3) is 5.57 Å². The number of hydrogen-bond acceptors (Lipinski definition) is 6. The maximum atomic E-state index is 11.9. The molecule has 1 atom stereocenters. The topological polar surface area (TPSA) is 60.9 Å². The van der Waals surface area contributed by atoms with Gasteiger partial charge in [-0.1, -0.05) is 42.0 Å². The third kappa shape index (κ3) is 6.44. The van der Waals surface area contributed by atoms with Crippen LogP contribution in [0.3, 0.4) is 0 Å². The van der Waals surface area contributed by atoms with E-state index in [0.29, 0.717) is 24.2 Å². The van der Waals surface area contributed by atoms with E-state index in [1.54, 1.807) is 13.1 Å². The minimum Gasteiger partial charge on any atom is -0.464 e. The zero-order valence-electron chi connectivity index (χ0n) is 21.6. The van der Waals surface area contributed by atoms with Crippen molar-refractivity contribution in [1.29, 1.82) is 0 Å². The van der Waals surface area contributed by atoms with Crippen molar-refractivity contribution in [2.45, 2.75) is 38.2 Å². The molecular weight excluding hydrogens is 500 g/mol. The Morgan fingerprint density at radius 3 is 2.82 bits per heavy atom. The lowest BCUT2D eigenvalue weighted by molar-refractivity contribution is -0.149. The van der Waals surface area contributed by atoms with Crippen LogP contribution in [0.1, 0.15) is 43.2 Å². The summed E-state index contributed by atoms with van der Waals surface area (Å²) in [6.07, 6.45) is 14.6. The molecule has 7 heteroatoms. The summed E-state index contributed by atoms with van der Waals surface area (Å²) in [5.41, 5.74) is 4.24. The van der Waals surface area contributed by atoms with E-state index >= 15 is 0 Å². The van der Waals surface area contributed by atoms with Crippen molar-refractivity contribution in [3.63, 3.8) is 0 Å². The van der Waals surface area contributed by atoms with E-state index in [1.807, 2.05) is 42.5 Å². The quantitative estimate of drug-likeness (QED) is 0.382. The number of piperidine rings is 1. The first kappa shape index (κ1) is 26.4. The molecule has 0 N–H and O–H groups in total. The zero-order chi connectivity index (χ0) is 26.3. The fourth-order valence-corrected chi connectivity index (χ4v) is 5.30. The number of pyridine rings is 1. The number of ether oxygens (including phenoxy) is 3. The largest absolute Gasteiger partial charge is 0.464 e. The molecule has 1 unspecified atom stereocenters. The lowest BCUT2D eigenvalue weighted by Gasteiger charge is -2.32. The van der Waals surface area contributed by atoms with Gasteiger partial charge in [0.25, 0.3) is 0 Å². The number of likely N-dealkylation sites (tertiary alicyclic amines) is 1. The Balaban J connectivity index is 1.27. The van der Waals surface area contributed by atoms with Crippen LogP contribution in [-0.2, 0) is 14.3 Å². The number of esters is 1. The second-order valence-electron chi connectivity index (χ2n) is 9.63. The monoisotopic (exact) mass is 532 g/mol. The summed E-state index contributed by atoms with van der Waals surface area (Å²) in [6.45, 7) is 5.14. The summed E-state index contributed by atoms with van der Waals surface area (Å²) in [7, 11) is 0. The number of fused-ring (bicyclic) bond motifs is 2. The highest BCUT2D eigenvalue weighted by Crippen LogP contribution is 2.37. The summed E-state index contributed by atoms with van der Waals surface area (Å²) >= 11 is 6.06. The summed E-state index contributed by atoms with van der Waals surface area (Å²) in [5.74, 6) is 1.46. The fraction of sp³-hybridized carbons (Fsp3) is 0.355. The second kappa shape index (κ2) is 12.6. The van der Waals surface area contributed by atoms with Gasteiger partial charge in [0.05, 0.1) is 6.61 Å². The van der Waals surface area contributed by atoms with Gasteiger partial charge in [-0.3, -0.25) is 0 Å². The summed E-state index contributed by atoms with van der Waals surface area (Å²) in [5, 5.41) is 0.790. The molecule has 1 aromatic heterocycles. The molecule has 0 radical (unpaired) electrons. The number of hydrogen-bond donors (Lipinski definition) is 0. The van der Waals surface area contributed by atoms with Crippen LogP contribution in [0, 0.1) is 0 Å². The Labute approximate surface area is 229 Å². The molecule has 5 rings (SSSR count). The molecule has 0 bridgehead atoms. The number of carbonyl (C=O) groups is 1. The molecule has 2 aliphatic heterocycles. The van der Waals surface area contributed by atoms with E-state index in [-0.39, 0.29) is 12.6 Å². The molecule has 0 spiro atoms. The number of aromatic nitrogens is 1. The maximum Gasteiger partial charge on any atom is 0.332 e. The van der Waals surface area contributed by atoms with Gasteiger partial charge in [0.1, 0.15) is 18.5 Å². The van der Waals surface area contributed by atoms with Gasteiger partial charge < -0.3 is 19.1 Å². The normalized spacial score (nSPS) is 20.6. The maximum absolute atomic E-state index is 11.9. The van der Waals surface area contributed by atoms with E-state index in [1.165, 1.54) is 5.56 Å². The van der Waals surface area contributed by atoms with E-state index in [0.717, 1.165) is 60.6 Å². The minimum absolute atomic E-state index is 0.121. The van der Waals surface area contributed by atoms with Crippen LogP contribution in [0.2, 0.25) is 5.02 Å². The third-order valence-corrected chi connectivity index (χ3v) is 7.40. The molecule has 1 aromatic carbocycles. The summed E-state index contributed by atoms with van der Waals surface area (Å²) in [6, 6.07) is 12.2. The van der Waals surface area contributed by atoms with Crippen molar-refractivity contribution in [2.24, 2.45) is 0 Å². The first-order valence-electron chi connectivity index (χ1n) is 13.3. The first-order valence-corrected chi connectivity index (χ1v) is 13.7. The lowest BCUT2D eigenvalue weighted by Crippen LogP contribution is -2.33. The van der Waals surface area contributed by atoms with Crippen LogP contribution >= 0.6 is 11.6 Å². The molecule has 0 saturated carbocycles. The molecule has 3 heterocycles. The van der Waals surface area contributed by atoms with E-state index < -0.39 is 6.10 Å². The fourth-order valence-electron chi connectivity index (χ4n) is 5.17.